The van der Waals surface area contributed by atoms with Crippen molar-refractivity contribution in [1.29, 1.82) is 0 Å². The fourth-order valence-electron chi connectivity index (χ4n) is 2.01. The van der Waals surface area contributed by atoms with Gasteiger partial charge in [-0.15, -0.1) is 0 Å². The Morgan fingerprint density at radius 2 is 1.85 bits per heavy atom. The molecule has 1 amide bonds. The second kappa shape index (κ2) is 6.06. The van der Waals surface area contributed by atoms with Gasteiger partial charge in [0.25, 0.3) is 5.91 Å². The van der Waals surface area contributed by atoms with Crippen LogP contribution < -0.4 is 4.90 Å². The van der Waals surface area contributed by atoms with E-state index in [1.165, 1.54) is 12.1 Å². The van der Waals surface area contributed by atoms with Crippen LogP contribution in [0, 0.1) is 12.7 Å². The molecule has 0 bridgehead atoms. The molecule has 0 radical (unpaired) electrons. The minimum Gasteiger partial charge on any atom is -0.309 e. The molecule has 0 heterocycles. The van der Waals surface area contributed by atoms with Crippen molar-refractivity contribution in [1.82, 2.24) is 0 Å². The van der Waals surface area contributed by atoms with Crippen LogP contribution in [0.4, 0.5) is 10.1 Å². The number of hydrogen-bond donors (Lipinski definition) is 0. The van der Waals surface area contributed by atoms with Gasteiger partial charge in [-0.2, -0.15) is 0 Å². The predicted molar refractivity (Wildman–Crippen MR) is 79.9 cm³/mol. The Bertz CT molecular complexity index is 625. The molecule has 0 saturated heterocycles. The van der Waals surface area contributed by atoms with Gasteiger partial charge in [0, 0.05) is 12.2 Å². The lowest BCUT2D eigenvalue weighted by Gasteiger charge is -2.21. The number of amides is 1. The number of anilines is 1. The monoisotopic (exact) mass is 291 g/mol. The summed E-state index contributed by atoms with van der Waals surface area (Å²) < 4.78 is 13.0. The summed E-state index contributed by atoms with van der Waals surface area (Å²) in [6.45, 7) is 4.25. The van der Waals surface area contributed by atoms with E-state index < -0.39 is 0 Å². The van der Waals surface area contributed by atoms with E-state index >= 15 is 0 Å². The zero-order valence-corrected chi connectivity index (χ0v) is 12.1. The van der Waals surface area contributed by atoms with Gasteiger partial charge < -0.3 is 4.90 Å². The lowest BCUT2D eigenvalue weighted by molar-refractivity contribution is 0.0988. The van der Waals surface area contributed by atoms with Crippen molar-refractivity contribution in [3.05, 3.63) is 64.4 Å². The van der Waals surface area contributed by atoms with Crippen molar-refractivity contribution in [2.24, 2.45) is 0 Å². The van der Waals surface area contributed by atoms with Crippen LogP contribution in [0.3, 0.4) is 0 Å². The highest BCUT2D eigenvalue weighted by Gasteiger charge is 2.18. The quantitative estimate of drug-likeness (QED) is 0.818. The molecule has 2 rings (SSSR count). The molecular formula is C16H15ClFNO. The maximum Gasteiger partial charge on any atom is 0.259 e. The molecular weight excluding hydrogens is 277 g/mol. The zero-order chi connectivity index (χ0) is 14.7. The van der Waals surface area contributed by atoms with E-state index in [1.807, 2.05) is 19.9 Å². The molecule has 2 nitrogen and oxygen atoms in total. The molecule has 2 aromatic carbocycles. The van der Waals surface area contributed by atoms with Crippen LogP contribution in [-0.4, -0.2) is 12.5 Å². The predicted octanol–water partition coefficient (Wildman–Crippen LogP) is 4.45. The van der Waals surface area contributed by atoms with E-state index in [2.05, 4.69) is 0 Å². The van der Waals surface area contributed by atoms with Gasteiger partial charge >= 0.3 is 0 Å². The van der Waals surface area contributed by atoms with E-state index in [9.17, 15) is 9.18 Å². The fourth-order valence-corrected chi connectivity index (χ4v) is 2.21. The highest BCUT2D eigenvalue weighted by Crippen LogP contribution is 2.23. The summed E-state index contributed by atoms with van der Waals surface area (Å²) in [6, 6.07) is 11.2. The maximum atomic E-state index is 13.0. The van der Waals surface area contributed by atoms with Crippen LogP contribution >= 0.6 is 11.6 Å². The van der Waals surface area contributed by atoms with Crippen LogP contribution in [0.15, 0.2) is 42.5 Å². The summed E-state index contributed by atoms with van der Waals surface area (Å²) >= 11 is 6.10. The third kappa shape index (κ3) is 2.99. The van der Waals surface area contributed by atoms with Gasteiger partial charge in [-0.1, -0.05) is 23.2 Å². The van der Waals surface area contributed by atoms with Crippen LogP contribution in [0.5, 0.6) is 0 Å². The average molecular weight is 292 g/mol. The molecule has 0 aromatic heterocycles. The molecule has 0 unspecified atom stereocenters. The average Bonchev–Trinajstić information content (AvgIpc) is 2.44. The number of carbonyl (C=O) groups is 1. The van der Waals surface area contributed by atoms with E-state index in [0.717, 1.165) is 5.56 Å². The highest BCUT2D eigenvalue weighted by atomic mass is 35.5. The second-order valence-electron chi connectivity index (χ2n) is 4.51. The van der Waals surface area contributed by atoms with Crippen LogP contribution in [0.25, 0.3) is 0 Å². The largest absolute Gasteiger partial charge is 0.309 e. The lowest BCUT2D eigenvalue weighted by atomic mass is 10.1. The van der Waals surface area contributed by atoms with Crippen molar-refractivity contribution in [3.8, 4) is 0 Å². The van der Waals surface area contributed by atoms with Gasteiger partial charge in [0.2, 0.25) is 0 Å². The molecule has 104 valence electrons. The van der Waals surface area contributed by atoms with Gasteiger partial charge in [0.1, 0.15) is 5.82 Å². The van der Waals surface area contributed by atoms with Gasteiger partial charge in [-0.05, 0) is 50.2 Å². The number of aryl methyl sites for hydroxylation is 1. The first-order chi connectivity index (χ1) is 9.52. The second-order valence-corrected chi connectivity index (χ2v) is 4.92. The first-order valence-electron chi connectivity index (χ1n) is 6.36. The Kier molecular flexibility index (Phi) is 4.40. The van der Waals surface area contributed by atoms with E-state index in [1.54, 1.807) is 29.2 Å². The molecule has 0 aliphatic rings. The number of rotatable bonds is 3. The molecule has 0 spiro atoms. The minimum absolute atomic E-state index is 0.187. The fraction of sp³-hybridized carbons (Fsp3) is 0.188. The molecule has 0 fully saturated rings. The van der Waals surface area contributed by atoms with Crippen LogP contribution in [0.1, 0.15) is 22.8 Å². The number of halogens is 2. The first kappa shape index (κ1) is 14.5. The van der Waals surface area contributed by atoms with E-state index in [-0.39, 0.29) is 11.7 Å². The Labute approximate surface area is 122 Å². The van der Waals surface area contributed by atoms with Crippen molar-refractivity contribution in [3.63, 3.8) is 0 Å². The summed E-state index contributed by atoms with van der Waals surface area (Å²) in [5, 5.41) is 0.418. The summed E-state index contributed by atoms with van der Waals surface area (Å²) in [7, 11) is 0. The lowest BCUT2D eigenvalue weighted by Crippen LogP contribution is -2.30. The Morgan fingerprint density at radius 3 is 2.45 bits per heavy atom. The van der Waals surface area contributed by atoms with Gasteiger partial charge in [0.05, 0.1) is 10.6 Å². The number of hydrogen-bond acceptors (Lipinski definition) is 1. The van der Waals surface area contributed by atoms with Crippen molar-refractivity contribution >= 4 is 23.2 Å². The third-order valence-corrected chi connectivity index (χ3v) is 3.38. The molecule has 2 aromatic rings. The van der Waals surface area contributed by atoms with Crippen molar-refractivity contribution in [2.75, 3.05) is 11.4 Å². The number of nitrogens with zero attached hydrogens (tertiary/aromatic N) is 1. The highest BCUT2D eigenvalue weighted by molar-refractivity contribution is 6.34. The SMILES string of the molecule is CCN(C(=O)c1cc(C)ccc1Cl)c1ccc(F)cc1. The summed E-state index contributed by atoms with van der Waals surface area (Å²) in [4.78, 5) is 14.2. The summed E-state index contributed by atoms with van der Waals surface area (Å²) in [5.74, 6) is -0.515. The van der Waals surface area contributed by atoms with Gasteiger partial charge in [-0.25, -0.2) is 4.39 Å². The molecule has 4 heteroatoms. The molecule has 0 atom stereocenters. The van der Waals surface area contributed by atoms with Crippen LogP contribution in [0.2, 0.25) is 5.02 Å². The molecule has 0 aliphatic heterocycles. The third-order valence-electron chi connectivity index (χ3n) is 3.05. The maximum absolute atomic E-state index is 13.0. The first-order valence-corrected chi connectivity index (χ1v) is 6.74. The Balaban J connectivity index is 2.38. The standard InChI is InChI=1S/C16H15ClFNO/c1-3-19(13-7-5-12(18)6-8-13)16(20)14-10-11(2)4-9-15(14)17/h4-10H,3H2,1-2H3. The molecule has 0 aliphatic carbocycles. The molecule has 20 heavy (non-hydrogen) atoms. The summed E-state index contributed by atoms with van der Waals surface area (Å²) in [6.07, 6.45) is 0. The zero-order valence-electron chi connectivity index (χ0n) is 11.4. The summed E-state index contributed by atoms with van der Waals surface area (Å²) in [5.41, 5.74) is 2.07. The smallest absolute Gasteiger partial charge is 0.259 e. The van der Waals surface area contributed by atoms with Crippen molar-refractivity contribution in [2.45, 2.75) is 13.8 Å². The topological polar surface area (TPSA) is 20.3 Å². The van der Waals surface area contributed by atoms with Crippen LogP contribution in [-0.2, 0) is 0 Å². The van der Waals surface area contributed by atoms with E-state index in [0.29, 0.717) is 22.8 Å². The molecule has 0 saturated carbocycles. The van der Waals surface area contributed by atoms with Gasteiger partial charge in [0.15, 0.2) is 0 Å². The molecule has 0 N–H and O–H groups in total. The normalized spacial score (nSPS) is 10.4. The van der Waals surface area contributed by atoms with Gasteiger partial charge in [-0.3, -0.25) is 4.79 Å². The Morgan fingerprint density at radius 1 is 1.20 bits per heavy atom. The number of benzene rings is 2. The minimum atomic E-state index is -0.328. The number of carbonyl (C=O) groups excluding carboxylic acids is 1. The van der Waals surface area contributed by atoms with E-state index in [4.69, 9.17) is 11.6 Å². The Hall–Kier alpha value is -1.87. The van der Waals surface area contributed by atoms with Crippen molar-refractivity contribution < 1.29 is 9.18 Å².